The zero-order valence-corrected chi connectivity index (χ0v) is 12.8. The van der Waals surface area contributed by atoms with Crippen LogP contribution in [0.4, 0.5) is 0 Å². The van der Waals surface area contributed by atoms with Crippen LogP contribution in [0.15, 0.2) is 54.6 Å². The van der Waals surface area contributed by atoms with E-state index in [2.05, 4.69) is 15.9 Å². The number of hydrogen-bond donors (Lipinski definition) is 0. The summed E-state index contributed by atoms with van der Waals surface area (Å²) < 4.78 is 11.6. The molecule has 0 atom stereocenters. The number of halogens is 1. The fraction of sp³-hybridized carbons (Fsp3) is 0.294. The largest absolute Gasteiger partial charge is 0.493 e. The third-order valence-electron chi connectivity index (χ3n) is 3.59. The standard InChI is InChI=1S/C17H17BrO2/c18-12-17(10-11-17)13-19-14-6-8-16(9-7-14)20-15-4-2-1-3-5-15/h1-9H,10-13H2. The van der Waals surface area contributed by atoms with Crippen LogP contribution in [-0.4, -0.2) is 11.9 Å². The van der Waals surface area contributed by atoms with Gasteiger partial charge in [0.15, 0.2) is 0 Å². The van der Waals surface area contributed by atoms with Crippen LogP contribution in [0.2, 0.25) is 0 Å². The summed E-state index contributed by atoms with van der Waals surface area (Å²) in [6.45, 7) is 0.789. The van der Waals surface area contributed by atoms with Gasteiger partial charge in [0.25, 0.3) is 0 Å². The Morgan fingerprint density at radius 1 is 0.850 bits per heavy atom. The summed E-state index contributed by atoms with van der Waals surface area (Å²) in [5, 5.41) is 1.02. The number of hydrogen-bond acceptors (Lipinski definition) is 2. The first-order chi connectivity index (χ1) is 9.80. The maximum Gasteiger partial charge on any atom is 0.127 e. The molecule has 0 spiro atoms. The van der Waals surface area contributed by atoms with E-state index in [1.807, 2.05) is 54.6 Å². The van der Waals surface area contributed by atoms with Gasteiger partial charge >= 0.3 is 0 Å². The summed E-state index contributed by atoms with van der Waals surface area (Å²) in [5.74, 6) is 2.57. The molecule has 1 saturated carbocycles. The molecular weight excluding hydrogens is 316 g/mol. The van der Waals surface area contributed by atoms with E-state index in [4.69, 9.17) is 9.47 Å². The van der Waals surface area contributed by atoms with Crippen molar-refractivity contribution in [1.29, 1.82) is 0 Å². The van der Waals surface area contributed by atoms with Crippen LogP contribution < -0.4 is 9.47 Å². The second-order valence-electron chi connectivity index (χ2n) is 5.31. The summed E-state index contributed by atoms with van der Waals surface area (Å²) in [5.41, 5.74) is 0.374. The van der Waals surface area contributed by atoms with Crippen molar-refractivity contribution in [3.8, 4) is 17.2 Å². The Kier molecular flexibility index (Phi) is 3.97. The van der Waals surface area contributed by atoms with Crippen LogP contribution >= 0.6 is 15.9 Å². The van der Waals surface area contributed by atoms with E-state index in [0.29, 0.717) is 5.41 Å². The van der Waals surface area contributed by atoms with Crippen molar-refractivity contribution in [2.45, 2.75) is 12.8 Å². The van der Waals surface area contributed by atoms with Crippen LogP contribution in [0.3, 0.4) is 0 Å². The Bertz CT molecular complexity index is 547. The van der Waals surface area contributed by atoms with Gasteiger partial charge in [-0.1, -0.05) is 34.1 Å². The van der Waals surface area contributed by atoms with E-state index in [0.717, 1.165) is 29.2 Å². The lowest BCUT2D eigenvalue weighted by molar-refractivity contribution is 0.251. The van der Waals surface area contributed by atoms with Gasteiger partial charge in [-0.15, -0.1) is 0 Å². The number of benzene rings is 2. The summed E-state index contributed by atoms with van der Waals surface area (Å²) in [6.07, 6.45) is 2.51. The van der Waals surface area contributed by atoms with Crippen molar-refractivity contribution in [2.75, 3.05) is 11.9 Å². The lowest BCUT2D eigenvalue weighted by Crippen LogP contribution is -2.14. The Morgan fingerprint density at radius 3 is 2.05 bits per heavy atom. The molecule has 0 saturated heterocycles. The lowest BCUT2D eigenvalue weighted by Gasteiger charge is -2.13. The highest BCUT2D eigenvalue weighted by atomic mass is 79.9. The normalized spacial score (nSPS) is 15.7. The summed E-state index contributed by atoms with van der Waals surface area (Å²) in [7, 11) is 0. The maximum absolute atomic E-state index is 5.84. The minimum absolute atomic E-state index is 0.374. The highest BCUT2D eigenvalue weighted by molar-refractivity contribution is 9.09. The van der Waals surface area contributed by atoms with Gasteiger partial charge in [-0.3, -0.25) is 0 Å². The average molecular weight is 333 g/mol. The second-order valence-corrected chi connectivity index (χ2v) is 5.87. The first-order valence-electron chi connectivity index (χ1n) is 6.81. The van der Waals surface area contributed by atoms with Gasteiger partial charge in [0.05, 0.1) is 6.61 Å². The molecule has 2 nitrogen and oxygen atoms in total. The van der Waals surface area contributed by atoms with Crippen molar-refractivity contribution < 1.29 is 9.47 Å². The molecule has 0 heterocycles. The van der Waals surface area contributed by atoms with Crippen molar-refractivity contribution >= 4 is 15.9 Å². The number of rotatable bonds is 6. The molecule has 1 fully saturated rings. The van der Waals surface area contributed by atoms with Gasteiger partial charge < -0.3 is 9.47 Å². The summed E-state index contributed by atoms with van der Waals surface area (Å²) >= 11 is 3.56. The molecule has 0 N–H and O–H groups in total. The number of alkyl halides is 1. The van der Waals surface area contributed by atoms with E-state index in [-0.39, 0.29) is 0 Å². The Hall–Kier alpha value is -1.48. The van der Waals surface area contributed by atoms with Crippen LogP contribution in [0.25, 0.3) is 0 Å². The van der Waals surface area contributed by atoms with Gasteiger partial charge in [-0.25, -0.2) is 0 Å². The van der Waals surface area contributed by atoms with Crippen molar-refractivity contribution in [3.63, 3.8) is 0 Å². The molecule has 1 aliphatic rings. The minimum Gasteiger partial charge on any atom is -0.493 e. The van der Waals surface area contributed by atoms with Crippen LogP contribution in [0.1, 0.15) is 12.8 Å². The van der Waals surface area contributed by atoms with Crippen molar-refractivity contribution in [1.82, 2.24) is 0 Å². The molecule has 1 aliphatic carbocycles. The van der Waals surface area contributed by atoms with Gasteiger partial charge in [0.2, 0.25) is 0 Å². The molecule has 3 rings (SSSR count). The molecule has 3 heteroatoms. The van der Waals surface area contributed by atoms with Crippen LogP contribution in [0.5, 0.6) is 17.2 Å². The molecule has 0 bridgehead atoms. The van der Waals surface area contributed by atoms with Gasteiger partial charge in [0, 0.05) is 10.7 Å². The molecule has 2 aromatic carbocycles. The molecule has 0 unspecified atom stereocenters. The Morgan fingerprint density at radius 2 is 1.45 bits per heavy atom. The third kappa shape index (κ3) is 3.34. The summed E-state index contributed by atoms with van der Waals surface area (Å²) in [6, 6.07) is 17.6. The SMILES string of the molecule is BrCC1(COc2ccc(Oc3ccccc3)cc2)CC1. The first kappa shape index (κ1) is 13.5. The smallest absolute Gasteiger partial charge is 0.127 e. The van der Waals surface area contributed by atoms with E-state index >= 15 is 0 Å². The monoisotopic (exact) mass is 332 g/mol. The molecule has 0 radical (unpaired) electrons. The Balaban J connectivity index is 1.57. The first-order valence-corrected chi connectivity index (χ1v) is 7.94. The van der Waals surface area contributed by atoms with Gasteiger partial charge in [-0.05, 0) is 49.2 Å². The van der Waals surface area contributed by atoms with Crippen molar-refractivity contribution in [2.24, 2.45) is 5.41 Å². The molecule has 0 amide bonds. The predicted octanol–water partition coefficient (Wildman–Crippen LogP) is 5.03. The molecule has 104 valence electrons. The quantitative estimate of drug-likeness (QED) is 0.690. The minimum atomic E-state index is 0.374. The van der Waals surface area contributed by atoms with Gasteiger partial charge in [0.1, 0.15) is 17.2 Å². The third-order valence-corrected chi connectivity index (χ3v) is 4.78. The number of para-hydroxylation sites is 1. The zero-order chi connectivity index (χ0) is 13.8. The fourth-order valence-electron chi connectivity index (χ4n) is 1.96. The maximum atomic E-state index is 5.84. The van der Waals surface area contributed by atoms with Crippen LogP contribution in [0, 0.1) is 5.41 Å². The Labute approximate surface area is 127 Å². The van der Waals surface area contributed by atoms with Crippen molar-refractivity contribution in [3.05, 3.63) is 54.6 Å². The molecule has 0 aromatic heterocycles. The average Bonchev–Trinajstić information content (AvgIpc) is 3.28. The highest BCUT2D eigenvalue weighted by Crippen LogP contribution is 2.47. The van der Waals surface area contributed by atoms with Crippen LogP contribution in [-0.2, 0) is 0 Å². The molecular formula is C17H17BrO2. The van der Waals surface area contributed by atoms with E-state index < -0.39 is 0 Å². The molecule has 0 aliphatic heterocycles. The van der Waals surface area contributed by atoms with E-state index in [1.54, 1.807) is 0 Å². The summed E-state index contributed by atoms with van der Waals surface area (Å²) in [4.78, 5) is 0. The van der Waals surface area contributed by atoms with Gasteiger partial charge in [-0.2, -0.15) is 0 Å². The number of ether oxygens (including phenoxy) is 2. The second kappa shape index (κ2) is 5.88. The topological polar surface area (TPSA) is 18.5 Å². The lowest BCUT2D eigenvalue weighted by atomic mass is 10.2. The van der Waals surface area contributed by atoms with E-state index in [1.165, 1.54) is 12.8 Å². The zero-order valence-electron chi connectivity index (χ0n) is 11.2. The predicted molar refractivity (Wildman–Crippen MR) is 83.9 cm³/mol. The molecule has 20 heavy (non-hydrogen) atoms. The van der Waals surface area contributed by atoms with E-state index in [9.17, 15) is 0 Å². The highest BCUT2D eigenvalue weighted by Gasteiger charge is 2.42. The molecule has 2 aromatic rings. The fourth-order valence-corrected chi connectivity index (χ4v) is 2.68.